The lowest BCUT2D eigenvalue weighted by Gasteiger charge is -2.14. The molecule has 9 heteroatoms. The summed E-state index contributed by atoms with van der Waals surface area (Å²) in [6.45, 7) is 0.601. The van der Waals surface area contributed by atoms with E-state index in [0.717, 1.165) is 11.1 Å². The van der Waals surface area contributed by atoms with Crippen LogP contribution in [0, 0.1) is 3.57 Å². The number of anilines is 1. The van der Waals surface area contributed by atoms with Crippen molar-refractivity contribution in [1.82, 2.24) is 0 Å². The number of halogens is 1. The van der Waals surface area contributed by atoms with Crippen molar-refractivity contribution in [2.75, 3.05) is 18.8 Å². The van der Waals surface area contributed by atoms with E-state index in [4.69, 9.17) is 31.2 Å². The maximum absolute atomic E-state index is 13.1. The zero-order valence-corrected chi connectivity index (χ0v) is 21.7. The fourth-order valence-electron chi connectivity index (χ4n) is 3.50. The van der Waals surface area contributed by atoms with E-state index < -0.39 is 0 Å². The van der Waals surface area contributed by atoms with Crippen LogP contribution in [0.4, 0.5) is 5.69 Å². The minimum atomic E-state index is -0.188. The van der Waals surface area contributed by atoms with Crippen molar-refractivity contribution in [1.29, 1.82) is 0 Å². The monoisotopic (exact) mass is 603 g/mol. The molecule has 0 spiro atoms. The van der Waals surface area contributed by atoms with Crippen LogP contribution in [0.1, 0.15) is 11.1 Å². The van der Waals surface area contributed by atoms with E-state index in [2.05, 4.69) is 22.6 Å². The molecular weight excluding hydrogens is 585 g/mol. The number of carbonyl (C=O) groups is 1. The van der Waals surface area contributed by atoms with Crippen molar-refractivity contribution in [3.05, 3.63) is 80.3 Å². The summed E-state index contributed by atoms with van der Waals surface area (Å²) < 4.78 is 23.9. The molecule has 1 amide bonds. The molecule has 2 aliphatic heterocycles. The summed E-state index contributed by atoms with van der Waals surface area (Å²) in [7, 11) is 1.59. The Balaban J connectivity index is 1.34. The lowest BCUT2D eigenvalue weighted by Crippen LogP contribution is -2.27. The van der Waals surface area contributed by atoms with Crippen LogP contribution in [0.2, 0.25) is 0 Å². The molecule has 3 aromatic carbocycles. The first kappa shape index (κ1) is 23.0. The predicted molar refractivity (Wildman–Crippen MR) is 145 cm³/mol. The highest BCUT2D eigenvalue weighted by Crippen LogP contribution is 2.41. The minimum absolute atomic E-state index is 0.170. The maximum Gasteiger partial charge on any atom is 0.270 e. The molecule has 34 heavy (non-hydrogen) atoms. The van der Waals surface area contributed by atoms with E-state index in [-0.39, 0.29) is 12.7 Å². The third kappa shape index (κ3) is 4.73. The van der Waals surface area contributed by atoms with Crippen molar-refractivity contribution in [3.8, 4) is 23.0 Å². The van der Waals surface area contributed by atoms with Gasteiger partial charge in [0.15, 0.2) is 27.3 Å². The molecular formula is C25H18INO5S2. The number of amides is 1. The van der Waals surface area contributed by atoms with Gasteiger partial charge in [0, 0.05) is 9.64 Å². The van der Waals surface area contributed by atoms with Crippen LogP contribution in [0.3, 0.4) is 0 Å². The highest BCUT2D eigenvalue weighted by atomic mass is 127. The molecule has 6 nitrogen and oxygen atoms in total. The molecule has 5 rings (SSSR count). The number of hydrogen-bond acceptors (Lipinski definition) is 7. The highest BCUT2D eigenvalue weighted by molar-refractivity contribution is 14.1. The van der Waals surface area contributed by atoms with Gasteiger partial charge in [-0.3, -0.25) is 9.69 Å². The van der Waals surface area contributed by atoms with Gasteiger partial charge in [-0.25, -0.2) is 0 Å². The number of ether oxygens (including phenoxy) is 4. The number of carbonyl (C=O) groups excluding carboxylic acids is 1. The SMILES string of the molecule is COc1cc(/C=C2\SC(=S)N(c3ccc4c(c3)OCO4)C2=O)ccc1OCc1ccc(I)cc1. The van der Waals surface area contributed by atoms with Gasteiger partial charge < -0.3 is 18.9 Å². The van der Waals surface area contributed by atoms with Crippen molar-refractivity contribution < 1.29 is 23.7 Å². The average molecular weight is 603 g/mol. The van der Waals surface area contributed by atoms with Crippen LogP contribution in [-0.2, 0) is 11.4 Å². The van der Waals surface area contributed by atoms with Crippen LogP contribution in [-0.4, -0.2) is 24.1 Å². The number of benzene rings is 3. The van der Waals surface area contributed by atoms with Gasteiger partial charge in [0.05, 0.1) is 17.7 Å². The summed E-state index contributed by atoms with van der Waals surface area (Å²) in [5.41, 5.74) is 2.52. The number of thiocarbonyl (C=S) groups is 1. The Morgan fingerprint density at radius 2 is 1.85 bits per heavy atom. The first-order chi connectivity index (χ1) is 16.5. The Bertz CT molecular complexity index is 1310. The van der Waals surface area contributed by atoms with Crippen LogP contribution in [0.25, 0.3) is 6.08 Å². The highest BCUT2D eigenvalue weighted by Gasteiger charge is 2.34. The molecule has 0 radical (unpaired) electrons. The van der Waals surface area contributed by atoms with Crippen molar-refractivity contribution in [3.63, 3.8) is 0 Å². The van der Waals surface area contributed by atoms with Crippen LogP contribution in [0.5, 0.6) is 23.0 Å². The first-order valence-electron chi connectivity index (χ1n) is 10.2. The summed E-state index contributed by atoms with van der Waals surface area (Å²) in [6.07, 6.45) is 1.80. The van der Waals surface area contributed by atoms with Gasteiger partial charge in [0.25, 0.3) is 5.91 Å². The molecule has 2 aliphatic rings. The standard InChI is InChI=1S/C25H18INO5S2/c1-29-21-10-16(4-8-19(21)30-13-15-2-5-17(26)6-3-15)11-23-24(28)27(25(33)34-23)18-7-9-20-22(12-18)32-14-31-20/h2-12H,13-14H2,1H3/b23-11-. The summed E-state index contributed by atoms with van der Waals surface area (Å²) in [5, 5.41) is 0. The molecule has 2 heterocycles. The number of hydrogen-bond donors (Lipinski definition) is 0. The van der Waals surface area contributed by atoms with E-state index in [1.807, 2.05) is 42.5 Å². The predicted octanol–water partition coefficient (Wildman–Crippen LogP) is 6.01. The summed E-state index contributed by atoms with van der Waals surface area (Å²) in [4.78, 5) is 15.2. The van der Waals surface area contributed by atoms with Gasteiger partial charge in [-0.2, -0.15) is 0 Å². The molecule has 0 unspecified atom stereocenters. The molecule has 0 N–H and O–H groups in total. The molecule has 0 aromatic heterocycles. The first-order valence-corrected chi connectivity index (χ1v) is 12.5. The second-order valence-corrected chi connectivity index (χ2v) is 10.3. The molecule has 0 aliphatic carbocycles. The van der Waals surface area contributed by atoms with E-state index in [0.29, 0.717) is 44.5 Å². The Morgan fingerprint density at radius 3 is 2.65 bits per heavy atom. The summed E-state index contributed by atoms with van der Waals surface area (Å²) >= 11 is 9.02. The second-order valence-electron chi connectivity index (χ2n) is 7.38. The Kier molecular flexibility index (Phi) is 6.66. The molecule has 0 saturated carbocycles. The summed E-state index contributed by atoms with van der Waals surface area (Å²) in [5.74, 6) is 2.28. The number of fused-ring (bicyclic) bond motifs is 1. The molecule has 0 atom stereocenters. The van der Waals surface area contributed by atoms with Crippen LogP contribution in [0.15, 0.2) is 65.6 Å². The van der Waals surface area contributed by atoms with Crippen molar-refractivity contribution in [2.45, 2.75) is 6.61 Å². The van der Waals surface area contributed by atoms with E-state index >= 15 is 0 Å². The van der Waals surface area contributed by atoms with E-state index in [9.17, 15) is 4.79 Å². The second kappa shape index (κ2) is 9.85. The fourth-order valence-corrected chi connectivity index (χ4v) is 5.16. The van der Waals surface area contributed by atoms with Gasteiger partial charge in [-0.15, -0.1) is 0 Å². The Hall–Kier alpha value is -2.76. The van der Waals surface area contributed by atoms with Crippen molar-refractivity contribution in [2.24, 2.45) is 0 Å². The lowest BCUT2D eigenvalue weighted by atomic mass is 10.1. The van der Waals surface area contributed by atoms with Gasteiger partial charge in [-0.1, -0.05) is 42.2 Å². The van der Waals surface area contributed by atoms with E-state index in [1.54, 1.807) is 31.4 Å². The molecule has 3 aromatic rings. The topological polar surface area (TPSA) is 57.2 Å². The van der Waals surface area contributed by atoms with Gasteiger partial charge in [-0.05, 0) is 76.2 Å². The van der Waals surface area contributed by atoms with Gasteiger partial charge in [0.1, 0.15) is 6.61 Å². The van der Waals surface area contributed by atoms with Crippen LogP contribution >= 0.6 is 46.6 Å². The lowest BCUT2D eigenvalue weighted by molar-refractivity contribution is -0.113. The van der Waals surface area contributed by atoms with Gasteiger partial charge >= 0.3 is 0 Å². The third-order valence-electron chi connectivity index (χ3n) is 5.20. The largest absolute Gasteiger partial charge is 0.493 e. The van der Waals surface area contributed by atoms with Crippen LogP contribution < -0.4 is 23.8 Å². The van der Waals surface area contributed by atoms with Gasteiger partial charge in [0.2, 0.25) is 6.79 Å². The zero-order valence-electron chi connectivity index (χ0n) is 17.9. The van der Waals surface area contributed by atoms with E-state index in [1.165, 1.54) is 20.2 Å². The Labute approximate surface area is 220 Å². The summed E-state index contributed by atoms with van der Waals surface area (Å²) in [6, 6.07) is 19.1. The Morgan fingerprint density at radius 1 is 1.06 bits per heavy atom. The number of thioether (sulfide) groups is 1. The molecule has 172 valence electrons. The quantitative estimate of drug-likeness (QED) is 0.194. The maximum atomic E-state index is 13.1. The normalized spacial score (nSPS) is 15.8. The number of rotatable bonds is 6. The zero-order chi connectivity index (χ0) is 23.7. The third-order valence-corrected chi connectivity index (χ3v) is 7.22. The number of methoxy groups -OCH3 is 1. The molecule has 1 fully saturated rings. The molecule has 1 saturated heterocycles. The average Bonchev–Trinajstić information content (AvgIpc) is 3.42. The fraction of sp³-hybridized carbons (Fsp3) is 0.120. The smallest absolute Gasteiger partial charge is 0.270 e. The molecule has 0 bridgehead atoms. The van der Waals surface area contributed by atoms with Crippen molar-refractivity contribution >= 4 is 68.6 Å². The minimum Gasteiger partial charge on any atom is -0.493 e. The number of nitrogens with zero attached hydrogens (tertiary/aromatic N) is 1.